The number of aromatic nitrogens is 5. The van der Waals surface area contributed by atoms with Crippen molar-refractivity contribution in [3.8, 4) is 5.69 Å². The number of aryl methyl sites for hydroxylation is 1. The highest BCUT2D eigenvalue weighted by atomic mass is 35.5. The Labute approximate surface area is 214 Å². The van der Waals surface area contributed by atoms with Crippen LogP contribution < -0.4 is 15.8 Å². The second kappa shape index (κ2) is 9.19. The third-order valence-corrected chi connectivity index (χ3v) is 7.01. The lowest BCUT2D eigenvalue weighted by molar-refractivity contribution is 0.101. The average molecular weight is 541 g/mol. The summed E-state index contributed by atoms with van der Waals surface area (Å²) in [5, 5.41) is 11.4. The van der Waals surface area contributed by atoms with Gasteiger partial charge in [0.1, 0.15) is 22.2 Å². The maximum Gasteiger partial charge on any atom is 0.274 e. The predicted molar refractivity (Wildman–Crippen MR) is 137 cm³/mol. The van der Waals surface area contributed by atoms with Gasteiger partial charge in [0.2, 0.25) is 0 Å². The summed E-state index contributed by atoms with van der Waals surface area (Å²) >= 11 is 5.79. The summed E-state index contributed by atoms with van der Waals surface area (Å²) in [7, 11) is -2.40. The van der Waals surface area contributed by atoms with Gasteiger partial charge >= 0.3 is 0 Å². The maximum atomic E-state index is 13.4. The standard InChI is InChI=1S/C23H18ClFN8O3S/c1-32-22(23(34)29-13-3-6-19(25)18(24)8-13)17-5-2-14(9-20(17)30-32)31-37(35,36)16-11-28-33(12-16)15-4-7-21(26)27-10-15/h2-12,31H,1H3,(H2,26,27)(H,29,34). The van der Waals surface area contributed by atoms with Crippen LogP contribution in [0.5, 0.6) is 0 Å². The molecule has 188 valence electrons. The van der Waals surface area contributed by atoms with Gasteiger partial charge in [0.05, 0.1) is 40.5 Å². The summed E-state index contributed by atoms with van der Waals surface area (Å²) in [5.74, 6) is -0.767. The summed E-state index contributed by atoms with van der Waals surface area (Å²) < 4.78 is 44.5. The summed E-state index contributed by atoms with van der Waals surface area (Å²) in [5.41, 5.74) is 7.28. The van der Waals surface area contributed by atoms with Gasteiger partial charge in [-0.05, 0) is 48.5 Å². The molecule has 3 aromatic heterocycles. The Morgan fingerprint density at radius 2 is 1.86 bits per heavy atom. The van der Waals surface area contributed by atoms with Gasteiger partial charge in [0, 0.05) is 18.1 Å². The first-order valence-electron chi connectivity index (χ1n) is 10.6. The molecule has 14 heteroatoms. The topological polar surface area (TPSA) is 150 Å². The molecule has 0 saturated carbocycles. The van der Waals surface area contributed by atoms with Gasteiger partial charge in [0.25, 0.3) is 15.9 Å². The number of nitrogens with one attached hydrogen (secondary N) is 2. The minimum atomic E-state index is -3.98. The number of pyridine rings is 1. The van der Waals surface area contributed by atoms with Crippen LogP contribution in [0.15, 0.2) is 72.0 Å². The SMILES string of the molecule is Cn1nc2cc(NS(=O)(=O)c3cnn(-c4ccc(N)nc4)c3)ccc2c1C(=O)Nc1ccc(F)c(Cl)c1. The molecule has 0 bridgehead atoms. The first-order chi connectivity index (χ1) is 17.6. The lowest BCUT2D eigenvalue weighted by Crippen LogP contribution is -2.16. The molecule has 0 unspecified atom stereocenters. The summed E-state index contributed by atoms with van der Waals surface area (Å²) in [6.07, 6.45) is 4.03. The van der Waals surface area contributed by atoms with Crippen molar-refractivity contribution in [3.63, 3.8) is 0 Å². The molecule has 3 heterocycles. The fourth-order valence-corrected chi connectivity index (χ4v) is 4.79. The molecule has 2 aromatic carbocycles. The maximum absolute atomic E-state index is 13.4. The number of fused-ring (bicyclic) bond motifs is 1. The van der Waals surface area contributed by atoms with Gasteiger partial charge in [-0.15, -0.1) is 0 Å². The third kappa shape index (κ3) is 4.81. The molecule has 0 aliphatic heterocycles. The molecule has 5 aromatic rings. The van der Waals surface area contributed by atoms with Gasteiger partial charge in [-0.2, -0.15) is 10.2 Å². The van der Waals surface area contributed by atoms with Gasteiger partial charge in [-0.25, -0.2) is 22.5 Å². The van der Waals surface area contributed by atoms with E-state index in [-0.39, 0.29) is 21.3 Å². The summed E-state index contributed by atoms with van der Waals surface area (Å²) in [4.78, 5) is 16.8. The summed E-state index contributed by atoms with van der Waals surface area (Å²) in [6.45, 7) is 0. The minimum absolute atomic E-state index is 0.0662. The zero-order chi connectivity index (χ0) is 26.3. The number of nitrogen functional groups attached to an aromatic ring is 1. The minimum Gasteiger partial charge on any atom is -0.384 e. The number of rotatable bonds is 6. The van der Waals surface area contributed by atoms with E-state index in [1.807, 2.05) is 0 Å². The van der Waals surface area contributed by atoms with E-state index in [1.54, 1.807) is 25.2 Å². The molecule has 5 rings (SSSR count). The number of carbonyl (C=O) groups is 1. The number of sulfonamides is 1. The van der Waals surface area contributed by atoms with Crippen LogP contribution >= 0.6 is 11.6 Å². The summed E-state index contributed by atoms with van der Waals surface area (Å²) in [6, 6.07) is 11.7. The first-order valence-corrected chi connectivity index (χ1v) is 12.5. The van der Waals surface area contributed by atoms with Crippen molar-refractivity contribution >= 4 is 55.6 Å². The van der Waals surface area contributed by atoms with Crippen LogP contribution in [0.2, 0.25) is 5.02 Å². The first kappa shape index (κ1) is 24.2. The number of halogens is 2. The Morgan fingerprint density at radius 3 is 2.59 bits per heavy atom. The van der Waals surface area contributed by atoms with Gasteiger partial charge in [-0.1, -0.05) is 11.6 Å². The number of carbonyl (C=O) groups excluding carboxylic acids is 1. The fourth-order valence-electron chi connectivity index (χ4n) is 3.63. The van der Waals surface area contributed by atoms with E-state index in [9.17, 15) is 17.6 Å². The zero-order valence-corrected chi connectivity index (χ0v) is 20.6. The van der Waals surface area contributed by atoms with Crippen LogP contribution in [0.25, 0.3) is 16.6 Å². The molecule has 0 fully saturated rings. The highest BCUT2D eigenvalue weighted by molar-refractivity contribution is 7.92. The van der Waals surface area contributed by atoms with E-state index in [0.29, 0.717) is 28.1 Å². The van der Waals surface area contributed by atoms with Crippen molar-refractivity contribution in [2.45, 2.75) is 4.90 Å². The van der Waals surface area contributed by atoms with Crippen LogP contribution in [0.3, 0.4) is 0 Å². The van der Waals surface area contributed by atoms with Crippen LogP contribution in [-0.4, -0.2) is 38.9 Å². The number of benzene rings is 2. The molecule has 0 aliphatic rings. The van der Waals surface area contributed by atoms with Crippen molar-refractivity contribution in [2.24, 2.45) is 7.05 Å². The molecule has 0 saturated heterocycles. The van der Waals surface area contributed by atoms with Crippen LogP contribution in [0, 0.1) is 5.82 Å². The molecule has 37 heavy (non-hydrogen) atoms. The van der Waals surface area contributed by atoms with Crippen molar-refractivity contribution in [1.82, 2.24) is 24.5 Å². The third-order valence-electron chi connectivity index (χ3n) is 5.38. The van der Waals surface area contributed by atoms with Gasteiger partial charge < -0.3 is 11.1 Å². The number of nitrogens with two attached hydrogens (primary N) is 1. The largest absolute Gasteiger partial charge is 0.384 e. The van der Waals surface area contributed by atoms with Crippen molar-refractivity contribution in [1.29, 1.82) is 0 Å². The van der Waals surface area contributed by atoms with E-state index >= 15 is 0 Å². The highest BCUT2D eigenvalue weighted by Crippen LogP contribution is 2.26. The second-order valence-corrected chi connectivity index (χ2v) is 10.0. The number of amides is 1. The smallest absolute Gasteiger partial charge is 0.274 e. The number of nitrogens with zero attached hydrogens (tertiary/aromatic N) is 5. The predicted octanol–water partition coefficient (Wildman–Crippen LogP) is 3.58. The van der Waals surface area contributed by atoms with E-state index < -0.39 is 21.7 Å². The molecular weight excluding hydrogens is 523 g/mol. The van der Waals surface area contributed by atoms with Gasteiger partial charge in [-0.3, -0.25) is 14.2 Å². The monoisotopic (exact) mass is 540 g/mol. The Balaban J connectivity index is 1.38. The van der Waals surface area contributed by atoms with Crippen LogP contribution in [-0.2, 0) is 17.1 Å². The second-order valence-electron chi connectivity index (χ2n) is 7.95. The molecule has 0 aliphatic carbocycles. The van der Waals surface area contributed by atoms with Gasteiger partial charge in [0.15, 0.2) is 0 Å². The van der Waals surface area contributed by atoms with E-state index in [0.717, 1.165) is 6.07 Å². The molecule has 11 nitrogen and oxygen atoms in total. The quantitative estimate of drug-likeness (QED) is 0.298. The normalized spacial score (nSPS) is 11.5. The van der Waals surface area contributed by atoms with Crippen molar-refractivity contribution < 1.29 is 17.6 Å². The number of hydrogen-bond donors (Lipinski definition) is 3. The average Bonchev–Trinajstić information content (AvgIpc) is 3.46. The number of hydrogen-bond acceptors (Lipinski definition) is 7. The Kier molecular flexibility index (Phi) is 6.01. The Bertz CT molecular complexity index is 1770. The van der Waals surface area contributed by atoms with E-state index in [4.69, 9.17) is 17.3 Å². The van der Waals surface area contributed by atoms with Crippen LogP contribution in [0.4, 0.5) is 21.6 Å². The highest BCUT2D eigenvalue weighted by Gasteiger charge is 2.21. The molecule has 1 amide bonds. The molecule has 4 N–H and O–H groups in total. The lowest BCUT2D eigenvalue weighted by Gasteiger charge is -2.07. The van der Waals surface area contributed by atoms with E-state index in [1.165, 1.54) is 52.2 Å². The molecule has 0 atom stereocenters. The Morgan fingerprint density at radius 1 is 1.08 bits per heavy atom. The molecule has 0 radical (unpaired) electrons. The van der Waals surface area contributed by atoms with Crippen molar-refractivity contribution in [2.75, 3.05) is 15.8 Å². The Hall–Kier alpha value is -4.49. The van der Waals surface area contributed by atoms with Crippen molar-refractivity contribution in [3.05, 3.63) is 83.7 Å². The molecular formula is C23H18ClFN8O3S. The van der Waals surface area contributed by atoms with Crippen LogP contribution in [0.1, 0.15) is 10.5 Å². The lowest BCUT2D eigenvalue weighted by atomic mass is 10.2. The number of anilines is 3. The fraction of sp³-hybridized carbons (Fsp3) is 0.0435. The van der Waals surface area contributed by atoms with E-state index in [2.05, 4.69) is 25.2 Å². The molecule has 0 spiro atoms. The zero-order valence-electron chi connectivity index (χ0n) is 19.1.